The van der Waals surface area contributed by atoms with Crippen LogP contribution >= 0.6 is 0 Å². The van der Waals surface area contributed by atoms with Gasteiger partial charge in [0.1, 0.15) is 0 Å². The molecule has 2 aromatic heterocycles. The highest BCUT2D eigenvalue weighted by molar-refractivity contribution is 7.02. The molecule has 3 aliphatic carbocycles. The van der Waals surface area contributed by atoms with Gasteiger partial charge in [0.25, 0.3) is 6.71 Å². The van der Waals surface area contributed by atoms with Crippen molar-refractivity contribution >= 4 is 101 Å². The van der Waals surface area contributed by atoms with E-state index in [-0.39, 0.29) is 29.0 Å². The van der Waals surface area contributed by atoms with Crippen LogP contribution in [-0.4, -0.2) is 15.8 Å². The molecule has 0 amide bonds. The summed E-state index contributed by atoms with van der Waals surface area (Å²) in [5.74, 6) is 1.56. The van der Waals surface area contributed by atoms with Gasteiger partial charge in [0.2, 0.25) is 0 Å². The first-order valence-electron chi connectivity index (χ1n) is 35.4. The minimum atomic E-state index is -0.217. The lowest BCUT2D eigenvalue weighted by Gasteiger charge is -2.46. The van der Waals surface area contributed by atoms with Crippen LogP contribution < -0.4 is 26.2 Å². The van der Waals surface area contributed by atoms with Crippen molar-refractivity contribution in [1.29, 1.82) is 0 Å². The third kappa shape index (κ3) is 9.75. The number of para-hydroxylation sites is 5. The predicted molar refractivity (Wildman–Crippen MR) is 407 cm³/mol. The van der Waals surface area contributed by atoms with Gasteiger partial charge in [0.05, 0.1) is 28.5 Å². The molecular formula is C90H87BN4. The van der Waals surface area contributed by atoms with Gasteiger partial charge < -0.3 is 18.9 Å². The number of benzene rings is 10. The molecule has 0 saturated carbocycles. The smallest absolute Gasteiger partial charge is 0.253 e. The quantitative estimate of drug-likeness (QED) is 0.111. The molecule has 17 rings (SSSR count). The molecule has 2 aliphatic heterocycles. The van der Waals surface area contributed by atoms with Crippen LogP contribution in [0.1, 0.15) is 125 Å². The third-order valence-electron chi connectivity index (χ3n) is 22.8. The maximum Gasteiger partial charge on any atom is 0.253 e. The van der Waals surface area contributed by atoms with Crippen molar-refractivity contribution in [1.82, 2.24) is 9.13 Å². The molecule has 0 saturated heterocycles. The maximum atomic E-state index is 2.95. The summed E-state index contributed by atoms with van der Waals surface area (Å²) in [6, 6.07) is 86.4. The number of aromatic nitrogens is 2. The molecule has 0 N–H and O–H groups in total. The summed E-state index contributed by atoms with van der Waals surface area (Å²) in [5, 5.41) is 5.23. The monoisotopic (exact) mass is 1230 g/mol. The Morgan fingerprint density at radius 1 is 0.400 bits per heavy atom. The first-order valence-corrected chi connectivity index (χ1v) is 35.4. The first-order chi connectivity index (χ1) is 46.1. The molecule has 470 valence electrons. The maximum absolute atomic E-state index is 2.95. The fourth-order valence-corrected chi connectivity index (χ4v) is 18.2. The fraction of sp³-hybridized carbons (Fsp3) is 0.267. The molecular weight excluding hydrogens is 1150 g/mol. The molecule has 0 spiro atoms. The summed E-state index contributed by atoms with van der Waals surface area (Å²) in [6.07, 6.45) is 17.5. The Hall–Kier alpha value is -9.32. The summed E-state index contributed by atoms with van der Waals surface area (Å²) >= 11 is 0. The van der Waals surface area contributed by atoms with Crippen LogP contribution in [0.5, 0.6) is 0 Å². The molecule has 0 fully saturated rings. The molecule has 95 heavy (non-hydrogen) atoms. The van der Waals surface area contributed by atoms with E-state index in [0.29, 0.717) is 17.8 Å². The number of hydrogen-bond donors (Lipinski definition) is 0. The Bertz CT molecular complexity index is 5070. The Balaban J connectivity index is 0.992. The Morgan fingerprint density at radius 2 is 0.937 bits per heavy atom. The van der Waals surface area contributed by atoms with Crippen LogP contribution in [0, 0.1) is 28.6 Å². The second-order valence-electron chi connectivity index (χ2n) is 31.3. The van der Waals surface area contributed by atoms with E-state index in [1.165, 1.54) is 142 Å². The number of nitrogens with zero attached hydrogens (tertiary/aromatic N) is 4. The van der Waals surface area contributed by atoms with E-state index < -0.39 is 0 Å². The predicted octanol–water partition coefficient (Wildman–Crippen LogP) is 23.0. The van der Waals surface area contributed by atoms with Crippen LogP contribution in [0.4, 0.5) is 34.1 Å². The first kappa shape index (κ1) is 59.4. The Kier molecular flexibility index (Phi) is 14.2. The number of fused-ring (bicyclic) bond motifs is 11. The van der Waals surface area contributed by atoms with Crippen molar-refractivity contribution in [2.45, 2.75) is 125 Å². The van der Waals surface area contributed by atoms with Crippen LogP contribution in [0.15, 0.2) is 259 Å². The molecule has 0 bridgehead atoms. The minimum absolute atomic E-state index is 0.162. The Labute approximate surface area is 563 Å². The van der Waals surface area contributed by atoms with E-state index >= 15 is 0 Å². The second-order valence-corrected chi connectivity index (χ2v) is 31.3. The van der Waals surface area contributed by atoms with E-state index in [9.17, 15) is 0 Å². The lowest BCUT2D eigenvalue weighted by molar-refractivity contribution is 0.200. The summed E-state index contributed by atoms with van der Waals surface area (Å²) in [5.41, 5.74) is 28.7. The van der Waals surface area contributed by atoms with E-state index in [0.717, 1.165) is 37.1 Å². The van der Waals surface area contributed by atoms with Crippen LogP contribution in [0.2, 0.25) is 0 Å². The molecule has 5 aliphatic rings. The van der Waals surface area contributed by atoms with Gasteiger partial charge in [-0.1, -0.05) is 249 Å². The number of allylic oxidation sites excluding steroid dienone is 6. The van der Waals surface area contributed by atoms with Gasteiger partial charge in [-0.15, -0.1) is 0 Å². The topological polar surface area (TPSA) is 16.3 Å². The van der Waals surface area contributed by atoms with Crippen molar-refractivity contribution < 1.29 is 0 Å². The van der Waals surface area contributed by atoms with Crippen molar-refractivity contribution in [3.05, 3.63) is 265 Å². The molecule has 10 aromatic carbocycles. The van der Waals surface area contributed by atoms with Crippen LogP contribution in [-0.2, 0) is 5.41 Å². The van der Waals surface area contributed by atoms with E-state index in [4.69, 9.17) is 0 Å². The van der Waals surface area contributed by atoms with Gasteiger partial charge in [0, 0.05) is 72.1 Å². The highest BCUT2D eigenvalue weighted by Crippen LogP contribution is 2.55. The zero-order valence-electron chi connectivity index (χ0n) is 56.9. The summed E-state index contributed by atoms with van der Waals surface area (Å²) < 4.78 is 5.47. The zero-order valence-corrected chi connectivity index (χ0v) is 56.9. The van der Waals surface area contributed by atoms with Crippen LogP contribution in [0.3, 0.4) is 0 Å². The molecule has 4 unspecified atom stereocenters. The highest BCUT2D eigenvalue weighted by atomic mass is 15.2. The average molecular weight is 1240 g/mol. The molecule has 12 aromatic rings. The van der Waals surface area contributed by atoms with Gasteiger partial charge in [0.15, 0.2) is 0 Å². The zero-order chi connectivity index (χ0) is 64.6. The molecule has 0 radical (unpaired) electrons. The van der Waals surface area contributed by atoms with Crippen LogP contribution in [0.25, 0.3) is 71.6 Å². The lowest BCUT2D eigenvalue weighted by Crippen LogP contribution is -2.61. The largest absolute Gasteiger partial charge is 0.333 e. The number of rotatable bonds is 8. The molecule has 4 heterocycles. The molecule has 4 nitrogen and oxygen atoms in total. The summed E-state index contributed by atoms with van der Waals surface area (Å²) in [7, 11) is 0. The Morgan fingerprint density at radius 3 is 1.51 bits per heavy atom. The third-order valence-corrected chi connectivity index (χ3v) is 22.8. The van der Waals surface area contributed by atoms with Crippen molar-refractivity contribution in [2.24, 2.45) is 28.6 Å². The summed E-state index contributed by atoms with van der Waals surface area (Å²) in [4.78, 5) is 5.40. The van der Waals surface area contributed by atoms with Gasteiger partial charge in [-0.3, -0.25) is 0 Å². The van der Waals surface area contributed by atoms with E-state index in [1.54, 1.807) is 16.7 Å². The molecule has 5 heteroatoms. The highest BCUT2D eigenvalue weighted by Gasteiger charge is 2.48. The SMILES string of the molecule is CC(C)(C)C1=CCC(C2=CCCC(C3CC=C(C(C)(C)C)CC3)C2n2c3ccccc3c3c4c(ccc32)N(c2ccccc2-c2ccccc2)c2cc(C(C)(C)C)cc3c2B4c2ccc(-n4c5ccccc5c5ccccc54)cc2N3c2ccccc2-c2ccccc2)CC1. The summed E-state index contributed by atoms with van der Waals surface area (Å²) in [6.45, 7) is 21.6. The van der Waals surface area contributed by atoms with E-state index in [1.807, 2.05) is 0 Å². The average Bonchev–Trinajstić information content (AvgIpc) is 1.67. The number of anilines is 6. The standard InChI is InChI=1S/C90H87BN4/c1-88(2,3)62-47-43-60(44-48-62)68-36-26-37-69(61-45-49-63(50-46-61)89(4,5)6)87(68)95-78-42-25-20-35-72(78)84-79(95)53-54-80-86(84)91-73-52-51-65(92-76-40-23-18-33-70(76)71-34-19-24-41-77(71)92)57-81(73)94(75-39-22-17-32-67(75)59-29-14-11-15-30-59)83-56-64(90(7,8)9)55-82(85(83)91)93(80)74-38-21-16-31-66(74)58-27-12-10-13-28-58/h10-25,27-36,38-42,47,49,51-57,60-61,69,87H,26,37,43-46,48,50H2,1-9H3. The van der Waals surface area contributed by atoms with Gasteiger partial charge in [-0.25, -0.2) is 0 Å². The fourth-order valence-electron chi connectivity index (χ4n) is 18.2. The number of hydrogen-bond acceptors (Lipinski definition) is 2. The minimum Gasteiger partial charge on any atom is -0.333 e. The van der Waals surface area contributed by atoms with Gasteiger partial charge in [-0.2, -0.15) is 0 Å². The van der Waals surface area contributed by atoms with E-state index in [2.05, 4.69) is 324 Å². The van der Waals surface area contributed by atoms with Crippen molar-refractivity contribution in [3.63, 3.8) is 0 Å². The lowest BCUT2D eigenvalue weighted by atomic mass is 9.33. The normalized spacial score (nSPS) is 19.0. The second kappa shape index (κ2) is 22.7. The van der Waals surface area contributed by atoms with Gasteiger partial charge >= 0.3 is 0 Å². The van der Waals surface area contributed by atoms with Crippen molar-refractivity contribution in [3.8, 4) is 27.9 Å². The molecule has 4 atom stereocenters. The van der Waals surface area contributed by atoms with Gasteiger partial charge in [-0.05, 0) is 191 Å². The van der Waals surface area contributed by atoms with Crippen molar-refractivity contribution in [2.75, 3.05) is 9.80 Å².